The summed E-state index contributed by atoms with van der Waals surface area (Å²) in [5.41, 5.74) is 1.38. The first-order valence-corrected chi connectivity index (χ1v) is 7.04. The zero-order chi connectivity index (χ0) is 13.9. The first kappa shape index (κ1) is 14.4. The second-order valence-corrected chi connectivity index (χ2v) is 6.28. The highest BCUT2D eigenvalue weighted by Crippen LogP contribution is 2.19. The second-order valence-electron chi connectivity index (χ2n) is 6.28. The van der Waals surface area contributed by atoms with Crippen LogP contribution in [0.2, 0.25) is 0 Å². The van der Waals surface area contributed by atoms with Crippen LogP contribution in [-0.4, -0.2) is 31.4 Å². The van der Waals surface area contributed by atoms with Crippen LogP contribution in [0.1, 0.15) is 39.2 Å². The van der Waals surface area contributed by atoms with Gasteiger partial charge in [-0.1, -0.05) is 26.0 Å². The number of hydrogen-bond donors (Lipinski definition) is 1. The topological polar surface area (TPSA) is 30.5 Å². The van der Waals surface area contributed by atoms with Crippen LogP contribution >= 0.6 is 0 Å². The van der Waals surface area contributed by atoms with Crippen molar-refractivity contribution in [3.63, 3.8) is 0 Å². The Morgan fingerprint density at radius 1 is 1.32 bits per heavy atom. The Kier molecular flexibility index (Phi) is 4.48. The highest BCUT2D eigenvalue weighted by molar-refractivity contribution is 5.28. The van der Waals surface area contributed by atoms with Crippen molar-refractivity contribution in [2.75, 3.05) is 19.8 Å². The van der Waals surface area contributed by atoms with E-state index in [0.717, 1.165) is 12.4 Å². The summed E-state index contributed by atoms with van der Waals surface area (Å²) in [5, 5.41) is 3.54. The lowest BCUT2D eigenvalue weighted by molar-refractivity contribution is 0.000946. The molecule has 0 aromatic heterocycles. The standard InChI is InChI=1S/C16H25NO2/c1-12(2)13-5-7-15(8-6-13)19-10-14-9-18-11-16(3,4)17-14/h5-8,12,14,17H,9-11H2,1-4H3. The van der Waals surface area contributed by atoms with Gasteiger partial charge < -0.3 is 14.8 Å². The SMILES string of the molecule is CC(C)c1ccc(OCC2COCC(C)(C)N2)cc1. The summed E-state index contributed by atoms with van der Waals surface area (Å²) < 4.78 is 11.4. The average Bonchev–Trinajstić information content (AvgIpc) is 2.36. The predicted octanol–water partition coefficient (Wildman–Crippen LogP) is 2.96. The van der Waals surface area contributed by atoms with E-state index in [1.807, 2.05) is 12.1 Å². The third-order valence-corrected chi connectivity index (χ3v) is 3.37. The van der Waals surface area contributed by atoms with Crippen LogP contribution in [0.15, 0.2) is 24.3 Å². The zero-order valence-electron chi connectivity index (χ0n) is 12.4. The molecule has 0 radical (unpaired) electrons. The number of ether oxygens (including phenoxy) is 2. The van der Waals surface area contributed by atoms with E-state index < -0.39 is 0 Å². The van der Waals surface area contributed by atoms with E-state index in [1.165, 1.54) is 5.56 Å². The monoisotopic (exact) mass is 263 g/mol. The average molecular weight is 263 g/mol. The summed E-state index contributed by atoms with van der Waals surface area (Å²) >= 11 is 0. The minimum Gasteiger partial charge on any atom is -0.492 e. The van der Waals surface area contributed by atoms with Gasteiger partial charge in [0.05, 0.1) is 19.3 Å². The molecule has 0 saturated carbocycles. The molecule has 1 saturated heterocycles. The van der Waals surface area contributed by atoms with Gasteiger partial charge in [0.25, 0.3) is 0 Å². The van der Waals surface area contributed by atoms with E-state index in [4.69, 9.17) is 9.47 Å². The largest absolute Gasteiger partial charge is 0.492 e. The van der Waals surface area contributed by atoms with Crippen LogP contribution in [0, 0.1) is 0 Å². The summed E-state index contributed by atoms with van der Waals surface area (Å²) in [6.45, 7) is 10.8. The van der Waals surface area contributed by atoms with Crippen LogP contribution in [0.5, 0.6) is 5.75 Å². The number of rotatable bonds is 4. The molecule has 1 aromatic carbocycles. The van der Waals surface area contributed by atoms with Crippen molar-refractivity contribution >= 4 is 0 Å². The quantitative estimate of drug-likeness (QED) is 0.906. The minimum absolute atomic E-state index is 0.0355. The molecule has 1 unspecified atom stereocenters. The first-order valence-electron chi connectivity index (χ1n) is 7.04. The molecule has 0 bridgehead atoms. The van der Waals surface area contributed by atoms with Crippen LogP contribution in [0.4, 0.5) is 0 Å². The highest BCUT2D eigenvalue weighted by Gasteiger charge is 2.27. The van der Waals surface area contributed by atoms with Gasteiger partial charge >= 0.3 is 0 Å². The molecule has 1 heterocycles. The van der Waals surface area contributed by atoms with Gasteiger partial charge in [-0.25, -0.2) is 0 Å². The van der Waals surface area contributed by atoms with Gasteiger partial charge in [-0.05, 0) is 37.5 Å². The van der Waals surface area contributed by atoms with Crippen molar-refractivity contribution in [3.8, 4) is 5.75 Å². The molecule has 1 atom stereocenters. The maximum absolute atomic E-state index is 5.83. The predicted molar refractivity (Wildman–Crippen MR) is 77.8 cm³/mol. The van der Waals surface area contributed by atoms with E-state index in [9.17, 15) is 0 Å². The molecule has 1 aliphatic heterocycles. The first-order chi connectivity index (χ1) is 8.96. The Labute approximate surface area is 116 Å². The molecule has 1 N–H and O–H groups in total. The third-order valence-electron chi connectivity index (χ3n) is 3.37. The summed E-state index contributed by atoms with van der Waals surface area (Å²) in [7, 11) is 0. The van der Waals surface area contributed by atoms with Crippen molar-refractivity contribution in [1.29, 1.82) is 0 Å². The zero-order valence-corrected chi connectivity index (χ0v) is 12.4. The Bertz CT molecular complexity index is 398. The molecule has 0 aliphatic carbocycles. The van der Waals surface area contributed by atoms with Gasteiger partial charge in [-0.3, -0.25) is 0 Å². The van der Waals surface area contributed by atoms with Crippen molar-refractivity contribution < 1.29 is 9.47 Å². The van der Waals surface area contributed by atoms with Crippen molar-refractivity contribution in [2.24, 2.45) is 0 Å². The Morgan fingerprint density at radius 3 is 2.58 bits per heavy atom. The van der Waals surface area contributed by atoms with Gasteiger partial charge in [-0.15, -0.1) is 0 Å². The van der Waals surface area contributed by atoms with Gasteiger partial charge in [0.1, 0.15) is 12.4 Å². The third kappa shape index (κ3) is 4.22. The normalized spacial score (nSPS) is 22.5. The molecule has 1 aliphatic rings. The summed E-state index contributed by atoms with van der Waals surface area (Å²) in [6.07, 6.45) is 0. The lowest BCUT2D eigenvalue weighted by atomic mass is 10.0. The van der Waals surface area contributed by atoms with Crippen LogP contribution in [-0.2, 0) is 4.74 Å². The fourth-order valence-corrected chi connectivity index (χ4v) is 2.33. The number of benzene rings is 1. The number of nitrogens with one attached hydrogen (secondary N) is 1. The lowest BCUT2D eigenvalue weighted by Gasteiger charge is -2.36. The van der Waals surface area contributed by atoms with E-state index in [-0.39, 0.29) is 11.6 Å². The van der Waals surface area contributed by atoms with Gasteiger partial charge in [-0.2, -0.15) is 0 Å². The van der Waals surface area contributed by atoms with Gasteiger partial charge in [0.2, 0.25) is 0 Å². The van der Waals surface area contributed by atoms with Crippen LogP contribution < -0.4 is 10.1 Å². The van der Waals surface area contributed by atoms with E-state index >= 15 is 0 Å². The lowest BCUT2D eigenvalue weighted by Crippen LogP contribution is -2.57. The molecule has 1 fully saturated rings. The van der Waals surface area contributed by atoms with Crippen LogP contribution in [0.3, 0.4) is 0 Å². The molecule has 1 aromatic rings. The molecule has 3 heteroatoms. The fraction of sp³-hybridized carbons (Fsp3) is 0.625. The Hall–Kier alpha value is -1.06. The summed E-state index contributed by atoms with van der Waals surface area (Å²) in [4.78, 5) is 0. The fourth-order valence-electron chi connectivity index (χ4n) is 2.33. The molecule has 0 amide bonds. The number of morpholine rings is 1. The Balaban J connectivity index is 1.85. The van der Waals surface area contributed by atoms with Crippen molar-refractivity contribution in [2.45, 2.75) is 45.2 Å². The molecule has 106 valence electrons. The maximum atomic E-state index is 5.83. The Morgan fingerprint density at radius 2 is 2.00 bits per heavy atom. The smallest absolute Gasteiger partial charge is 0.119 e. The maximum Gasteiger partial charge on any atom is 0.119 e. The molecule has 19 heavy (non-hydrogen) atoms. The van der Waals surface area contributed by atoms with E-state index in [2.05, 4.69) is 45.1 Å². The summed E-state index contributed by atoms with van der Waals surface area (Å²) in [5.74, 6) is 1.48. The van der Waals surface area contributed by atoms with Crippen molar-refractivity contribution in [1.82, 2.24) is 5.32 Å². The molecule has 2 rings (SSSR count). The van der Waals surface area contributed by atoms with Gasteiger partial charge in [0, 0.05) is 5.54 Å². The van der Waals surface area contributed by atoms with Crippen LogP contribution in [0.25, 0.3) is 0 Å². The molecular weight excluding hydrogens is 238 g/mol. The summed E-state index contributed by atoms with van der Waals surface area (Å²) in [6, 6.07) is 8.62. The highest BCUT2D eigenvalue weighted by atomic mass is 16.5. The van der Waals surface area contributed by atoms with Gasteiger partial charge in [0.15, 0.2) is 0 Å². The van der Waals surface area contributed by atoms with Crippen molar-refractivity contribution in [3.05, 3.63) is 29.8 Å². The molecule has 0 spiro atoms. The second kappa shape index (κ2) is 5.93. The van der Waals surface area contributed by atoms with E-state index in [1.54, 1.807) is 0 Å². The minimum atomic E-state index is 0.0355. The van der Waals surface area contributed by atoms with E-state index in [0.29, 0.717) is 19.1 Å². The molecular formula is C16H25NO2. The number of hydrogen-bond acceptors (Lipinski definition) is 3. The molecule has 3 nitrogen and oxygen atoms in total.